The maximum Gasteiger partial charge on any atom is 0.232 e. The van der Waals surface area contributed by atoms with Crippen molar-refractivity contribution in [1.29, 1.82) is 0 Å². The van der Waals surface area contributed by atoms with Gasteiger partial charge in [-0.1, -0.05) is 0 Å². The standard InChI is InChI=1S/C9H10N4OS2/c10-4-8-12-6(5-16-8)3-7(14)13-9-11-1-2-15-9/h1-2,5H,3-4,10H2,(H,11,13,14). The number of carbonyl (C=O) groups excluding carboxylic acids is 1. The zero-order chi connectivity index (χ0) is 11.4. The number of aromatic nitrogens is 2. The fourth-order valence-electron chi connectivity index (χ4n) is 1.14. The lowest BCUT2D eigenvalue weighted by atomic mass is 10.3. The van der Waals surface area contributed by atoms with Gasteiger partial charge in [0.2, 0.25) is 5.91 Å². The fraction of sp³-hybridized carbons (Fsp3) is 0.222. The molecule has 0 aliphatic carbocycles. The van der Waals surface area contributed by atoms with E-state index in [0.29, 0.717) is 11.7 Å². The van der Waals surface area contributed by atoms with Crippen molar-refractivity contribution in [3.63, 3.8) is 0 Å². The summed E-state index contributed by atoms with van der Waals surface area (Å²) in [6.45, 7) is 0.415. The third-order valence-corrected chi connectivity index (χ3v) is 3.40. The molecule has 0 atom stereocenters. The van der Waals surface area contributed by atoms with Crippen molar-refractivity contribution in [3.8, 4) is 0 Å². The minimum atomic E-state index is -0.108. The molecule has 0 aliphatic rings. The number of hydrogen-bond donors (Lipinski definition) is 2. The Morgan fingerprint density at radius 2 is 2.38 bits per heavy atom. The zero-order valence-corrected chi connectivity index (χ0v) is 9.98. The van der Waals surface area contributed by atoms with E-state index in [9.17, 15) is 4.79 Å². The van der Waals surface area contributed by atoms with Gasteiger partial charge in [0.15, 0.2) is 5.13 Å². The second kappa shape index (κ2) is 5.15. The smallest absolute Gasteiger partial charge is 0.232 e. The molecule has 0 aromatic carbocycles. The molecule has 2 aromatic rings. The van der Waals surface area contributed by atoms with Gasteiger partial charge in [-0.15, -0.1) is 22.7 Å². The Balaban J connectivity index is 1.92. The van der Waals surface area contributed by atoms with Crippen molar-refractivity contribution in [3.05, 3.63) is 27.7 Å². The second-order valence-electron chi connectivity index (χ2n) is 3.00. The summed E-state index contributed by atoms with van der Waals surface area (Å²) in [5, 5.41) is 7.82. The Labute approximate surface area is 100 Å². The van der Waals surface area contributed by atoms with E-state index in [1.54, 1.807) is 6.20 Å². The zero-order valence-electron chi connectivity index (χ0n) is 8.34. The Hall–Kier alpha value is -1.31. The molecule has 5 nitrogen and oxygen atoms in total. The Bertz CT molecular complexity index is 466. The number of nitrogens with one attached hydrogen (secondary N) is 1. The Morgan fingerprint density at radius 3 is 3.00 bits per heavy atom. The number of rotatable bonds is 4. The molecule has 0 aliphatic heterocycles. The van der Waals surface area contributed by atoms with Crippen LogP contribution >= 0.6 is 22.7 Å². The van der Waals surface area contributed by atoms with E-state index in [1.807, 2.05) is 10.8 Å². The predicted octanol–water partition coefficient (Wildman–Crippen LogP) is 1.24. The first kappa shape index (κ1) is 11.2. The molecule has 1 amide bonds. The predicted molar refractivity (Wildman–Crippen MR) is 64.5 cm³/mol. The first-order valence-electron chi connectivity index (χ1n) is 4.60. The van der Waals surface area contributed by atoms with Gasteiger partial charge in [0, 0.05) is 23.5 Å². The van der Waals surface area contributed by atoms with Gasteiger partial charge < -0.3 is 11.1 Å². The minimum absolute atomic E-state index is 0.108. The maximum absolute atomic E-state index is 11.6. The Morgan fingerprint density at radius 1 is 1.50 bits per heavy atom. The molecule has 16 heavy (non-hydrogen) atoms. The number of amides is 1. The lowest BCUT2D eigenvalue weighted by Gasteiger charge is -1.98. The molecule has 0 saturated heterocycles. The van der Waals surface area contributed by atoms with Crippen LogP contribution in [0.4, 0.5) is 5.13 Å². The molecule has 2 rings (SSSR count). The van der Waals surface area contributed by atoms with Crippen LogP contribution in [0, 0.1) is 0 Å². The number of thiazole rings is 2. The van der Waals surface area contributed by atoms with Crippen molar-refractivity contribution < 1.29 is 4.79 Å². The van der Waals surface area contributed by atoms with E-state index in [0.717, 1.165) is 10.7 Å². The fourth-order valence-corrected chi connectivity index (χ4v) is 2.36. The van der Waals surface area contributed by atoms with Gasteiger partial charge in [-0.25, -0.2) is 9.97 Å². The molecule has 2 heterocycles. The van der Waals surface area contributed by atoms with Crippen LogP contribution in [-0.2, 0) is 17.8 Å². The highest BCUT2D eigenvalue weighted by atomic mass is 32.1. The molecule has 7 heteroatoms. The molecular formula is C9H10N4OS2. The van der Waals surface area contributed by atoms with Gasteiger partial charge in [0.05, 0.1) is 12.1 Å². The number of hydrogen-bond acceptors (Lipinski definition) is 6. The summed E-state index contributed by atoms with van der Waals surface area (Å²) in [5.41, 5.74) is 6.19. The lowest BCUT2D eigenvalue weighted by molar-refractivity contribution is -0.115. The molecule has 0 saturated carbocycles. The number of nitrogens with zero attached hydrogens (tertiary/aromatic N) is 2. The molecular weight excluding hydrogens is 244 g/mol. The van der Waals surface area contributed by atoms with Crippen molar-refractivity contribution in [2.75, 3.05) is 5.32 Å². The summed E-state index contributed by atoms with van der Waals surface area (Å²) in [6, 6.07) is 0. The summed E-state index contributed by atoms with van der Waals surface area (Å²) in [5.74, 6) is -0.108. The van der Waals surface area contributed by atoms with Crippen LogP contribution in [0.5, 0.6) is 0 Å². The van der Waals surface area contributed by atoms with Gasteiger partial charge in [-0.3, -0.25) is 4.79 Å². The molecule has 0 bridgehead atoms. The number of nitrogens with two attached hydrogens (primary N) is 1. The molecule has 0 spiro atoms. The van der Waals surface area contributed by atoms with Crippen molar-refractivity contribution in [2.45, 2.75) is 13.0 Å². The Kier molecular flexibility index (Phi) is 3.60. The van der Waals surface area contributed by atoms with Crippen molar-refractivity contribution >= 4 is 33.7 Å². The van der Waals surface area contributed by atoms with Crippen LogP contribution in [0.3, 0.4) is 0 Å². The summed E-state index contributed by atoms with van der Waals surface area (Å²) >= 11 is 2.86. The van der Waals surface area contributed by atoms with Gasteiger partial charge in [-0.2, -0.15) is 0 Å². The molecule has 0 radical (unpaired) electrons. The first-order chi connectivity index (χ1) is 7.78. The average molecular weight is 254 g/mol. The second-order valence-corrected chi connectivity index (χ2v) is 4.84. The monoisotopic (exact) mass is 254 g/mol. The van der Waals surface area contributed by atoms with Crippen LogP contribution in [0.1, 0.15) is 10.7 Å². The quantitative estimate of drug-likeness (QED) is 0.860. The third-order valence-electron chi connectivity index (χ3n) is 1.79. The largest absolute Gasteiger partial charge is 0.325 e. The lowest BCUT2D eigenvalue weighted by Crippen LogP contribution is -2.14. The minimum Gasteiger partial charge on any atom is -0.325 e. The highest BCUT2D eigenvalue weighted by Gasteiger charge is 2.08. The summed E-state index contributed by atoms with van der Waals surface area (Å²) in [7, 11) is 0. The normalized spacial score (nSPS) is 10.3. The SMILES string of the molecule is NCc1nc(CC(=O)Nc2nccs2)cs1. The van der Waals surface area contributed by atoms with Crippen molar-refractivity contribution in [1.82, 2.24) is 9.97 Å². The van der Waals surface area contributed by atoms with Gasteiger partial charge >= 0.3 is 0 Å². The van der Waals surface area contributed by atoms with Gasteiger partial charge in [0.25, 0.3) is 0 Å². The van der Waals surface area contributed by atoms with Crippen molar-refractivity contribution in [2.24, 2.45) is 5.73 Å². The molecule has 0 fully saturated rings. The van der Waals surface area contributed by atoms with Crippen LogP contribution in [0.2, 0.25) is 0 Å². The summed E-state index contributed by atoms with van der Waals surface area (Å²) in [4.78, 5) is 19.7. The van der Waals surface area contributed by atoms with E-state index in [4.69, 9.17) is 5.73 Å². The number of carbonyl (C=O) groups is 1. The van der Waals surface area contributed by atoms with E-state index < -0.39 is 0 Å². The third kappa shape index (κ3) is 2.84. The van der Waals surface area contributed by atoms with Crippen LogP contribution in [-0.4, -0.2) is 15.9 Å². The van der Waals surface area contributed by atoms with Gasteiger partial charge in [-0.05, 0) is 0 Å². The highest BCUT2D eigenvalue weighted by molar-refractivity contribution is 7.13. The highest BCUT2D eigenvalue weighted by Crippen LogP contribution is 2.12. The topological polar surface area (TPSA) is 80.9 Å². The number of anilines is 1. The van der Waals surface area contributed by atoms with E-state index >= 15 is 0 Å². The molecule has 0 unspecified atom stereocenters. The van der Waals surface area contributed by atoms with E-state index in [1.165, 1.54) is 22.7 Å². The van der Waals surface area contributed by atoms with Crippen LogP contribution < -0.4 is 11.1 Å². The van der Waals surface area contributed by atoms with E-state index in [-0.39, 0.29) is 12.3 Å². The summed E-state index contributed by atoms with van der Waals surface area (Å²) in [6.07, 6.45) is 1.91. The first-order valence-corrected chi connectivity index (χ1v) is 6.36. The van der Waals surface area contributed by atoms with Crippen LogP contribution in [0.15, 0.2) is 17.0 Å². The van der Waals surface area contributed by atoms with Gasteiger partial charge in [0.1, 0.15) is 5.01 Å². The average Bonchev–Trinajstić information content (AvgIpc) is 2.89. The summed E-state index contributed by atoms with van der Waals surface area (Å²) < 4.78 is 0. The molecule has 3 N–H and O–H groups in total. The maximum atomic E-state index is 11.6. The molecule has 2 aromatic heterocycles. The molecule has 84 valence electrons. The van der Waals surface area contributed by atoms with E-state index in [2.05, 4.69) is 15.3 Å². The van der Waals surface area contributed by atoms with Crippen LogP contribution in [0.25, 0.3) is 0 Å².